The maximum Gasteiger partial charge on any atom is 0.226 e. The molecule has 0 aromatic heterocycles. The van der Waals surface area contributed by atoms with Gasteiger partial charge in [0.2, 0.25) is 5.91 Å². The molecule has 2 aliphatic heterocycles. The van der Waals surface area contributed by atoms with Crippen LogP contribution in [0.2, 0.25) is 0 Å². The number of hydrogen-bond acceptors (Lipinski definition) is 3. The van der Waals surface area contributed by atoms with Crippen LogP contribution in [0.5, 0.6) is 0 Å². The molecule has 0 aromatic rings. The molecule has 0 radical (unpaired) electrons. The van der Waals surface area contributed by atoms with E-state index in [1.165, 1.54) is 0 Å². The number of ether oxygens (including phenoxy) is 1. The summed E-state index contributed by atoms with van der Waals surface area (Å²) in [7, 11) is 0. The summed E-state index contributed by atoms with van der Waals surface area (Å²) in [5.41, 5.74) is 0. The van der Waals surface area contributed by atoms with Crippen molar-refractivity contribution in [3.05, 3.63) is 0 Å². The van der Waals surface area contributed by atoms with E-state index in [1.807, 2.05) is 6.92 Å². The second-order valence-electron chi connectivity index (χ2n) is 3.83. The molecular weight excluding hydrogens is 168 g/mol. The monoisotopic (exact) mass is 184 g/mol. The van der Waals surface area contributed by atoms with Gasteiger partial charge in [-0.15, -0.1) is 0 Å². The number of rotatable bonds is 2. The number of carbonyl (C=O) groups excluding carboxylic acids is 1. The first-order valence-corrected chi connectivity index (χ1v) is 4.90. The molecule has 0 aromatic carbocycles. The zero-order chi connectivity index (χ0) is 9.26. The molecule has 2 heterocycles. The lowest BCUT2D eigenvalue weighted by atomic mass is 10.0. The first-order valence-electron chi connectivity index (χ1n) is 4.90. The highest BCUT2D eigenvalue weighted by Crippen LogP contribution is 2.20. The van der Waals surface area contributed by atoms with Crippen molar-refractivity contribution in [3.63, 3.8) is 0 Å². The summed E-state index contributed by atoms with van der Waals surface area (Å²) >= 11 is 0. The molecule has 1 amide bonds. The topological polar surface area (TPSA) is 50.4 Å². The van der Waals surface area contributed by atoms with E-state index < -0.39 is 0 Å². The second kappa shape index (κ2) is 3.64. The average Bonchev–Trinajstić information content (AvgIpc) is 2.43. The predicted octanol–water partition coefficient (Wildman–Crippen LogP) is -0.501. The van der Waals surface area contributed by atoms with E-state index in [-0.39, 0.29) is 17.9 Å². The highest BCUT2D eigenvalue weighted by atomic mass is 16.5. The third kappa shape index (κ3) is 1.84. The van der Waals surface area contributed by atoms with Crippen molar-refractivity contribution >= 4 is 5.91 Å². The van der Waals surface area contributed by atoms with Crippen molar-refractivity contribution in [2.45, 2.75) is 25.5 Å². The maximum absolute atomic E-state index is 11.6. The summed E-state index contributed by atoms with van der Waals surface area (Å²) in [5.74, 6) is 0.233. The van der Waals surface area contributed by atoms with Crippen molar-refractivity contribution in [1.29, 1.82) is 0 Å². The minimum absolute atomic E-state index is 0.0700. The van der Waals surface area contributed by atoms with Gasteiger partial charge in [-0.3, -0.25) is 4.79 Å². The van der Waals surface area contributed by atoms with Gasteiger partial charge >= 0.3 is 0 Å². The van der Waals surface area contributed by atoms with Crippen molar-refractivity contribution in [2.75, 3.05) is 19.7 Å². The van der Waals surface area contributed by atoms with Crippen LogP contribution >= 0.6 is 0 Å². The van der Waals surface area contributed by atoms with E-state index in [0.717, 1.165) is 26.1 Å². The quantitative estimate of drug-likeness (QED) is 0.608. The van der Waals surface area contributed by atoms with Crippen LogP contribution in [-0.2, 0) is 9.53 Å². The molecule has 13 heavy (non-hydrogen) atoms. The zero-order valence-corrected chi connectivity index (χ0v) is 7.88. The van der Waals surface area contributed by atoms with E-state index in [0.29, 0.717) is 6.04 Å². The Morgan fingerprint density at radius 3 is 2.77 bits per heavy atom. The first-order chi connectivity index (χ1) is 6.27. The van der Waals surface area contributed by atoms with Crippen molar-refractivity contribution in [2.24, 2.45) is 5.92 Å². The van der Waals surface area contributed by atoms with Gasteiger partial charge in [-0.1, -0.05) is 0 Å². The highest BCUT2D eigenvalue weighted by molar-refractivity contribution is 5.79. The molecule has 2 aliphatic rings. The Labute approximate surface area is 78.0 Å². The molecule has 2 saturated heterocycles. The van der Waals surface area contributed by atoms with Gasteiger partial charge in [0, 0.05) is 19.7 Å². The van der Waals surface area contributed by atoms with Gasteiger partial charge in [-0.2, -0.15) is 0 Å². The second-order valence-corrected chi connectivity index (χ2v) is 3.83. The fraction of sp³-hybridized carbons (Fsp3) is 0.889. The molecule has 2 N–H and O–H groups in total. The molecule has 2 unspecified atom stereocenters. The minimum atomic E-state index is 0.0700. The van der Waals surface area contributed by atoms with Gasteiger partial charge in [-0.25, -0.2) is 0 Å². The number of amides is 1. The average molecular weight is 184 g/mol. The standard InChI is InChI=1S/C9H16N2O2/c1-6-8(2-3-13-6)9(12)11-7-4-10-5-7/h6-8,10H,2-5H2,1H3,(H,11,12). The zero-order valence-electron chi connectivity index (χ0n) is 7.88. The summed E-state index contributed by atoms with van der Waals surface area (Å²) in [6, 6.07) is 0.347. The summed E-state index contributed by atoms with van der Waals surface area (Å²) in [5, 5.41) is 6.13. The van der Waals surface area contributed by atoms with Crippen LogP contribution in [0.1, 0.15) is 13.3 Å². The third-order valence-corrected chi connectivity index (χ3v) is 2.84. The summed E-state index contributed by atoms with van der Waals surface area (Å²) in [6.45, 7) is 4.51. The SMILES string of the molecule is CC1OCCC1C(=O)NC1CNC1. The van der Waals surface area contributed by atoms with E-state index >= 15 is 0 Å². The molecule has 74 valence electrons. The lowest BCUT2D eigenvalue weighted by Crippen LogP contribution is -2.58. The van der Waals surface area contributed by atoms with Crippen molar-refractivity contribution in [3.8, 4) is 0 Å². The van der Waals surface area contributed by atoms with Crippen molar-refractivity contribution < 1.29 is 9.53 Å². The largest absolute Gasteiger partial charge is 0.378 e. The van der Waals surface area contributed by atoms with E-state index in [2.05, 4.69) is 10.6 Å². The van der Waals surface area contributed by atoms with Gasteiger partial charge in [0.05, 0.1) is 18.1 Å². The van der Waals surface area contributed by atoms with Crippen LogP contribution in [0.15, 0.2) is 0 Å². The fourth-order valence-electron chi connectivity index (χ4n) is 1.77. The molecule has 2 rings (SSSR count). The normalized spacial score (nSPS) is 34.2. The van der Waals surface area contributed by atoms with Gasteiger partial charge in [0.1, 0.15) is 0 Å². The maximum atomic E-state index is 11.6. The molecule has 0 aliphatic carbocycles. The Kier molecular flexibility index (Phi) is 2.51. The Hall–Kier alpha value is -0.610. The molecule has 4 heteroatoms. The van der Waals surface area contributed by atoms with Crippen LogP contribution in [0.25, 0.3) is 0 Å². The summed E-state index contributed by atoms with van der Waals surface area (Å²) < 4.78 is 5.34. The van der Waals surface area contributed by atoms with Crippen LogP contribution in [-0.4, -0.2) is 37.7 Å². The fourth-order valence-corrected chi connectivity index (χ4v) is 1.77. The van der Waals surface area contributed by atoms with Crippen LogP contribution in [0.4, 0.5) is 0 Å². The van der Waals surface area contributed by atoms with Gasteiger partial charge in [-0.05, 0) is 13.3 Å². The lowest BCUT2D eigenvalue weighted by molar-refractivity contribution is -0.127. The van der Waals surface area contributed by atoms with E-state index in [1.54, 1.807) is 0 Å². The molecule has 0 bridgehead atoms. The van der Waals surface area contributed by atoms with Gasteiger partial charge in [0.15, 0.2) is 0 Å². The molecule has 4 nitrogen and oxygen atoms in total. The Balaban J connectivity index is 1.81. The highest BCUT2D eigenvalue weighted by Gasteiger charge is 2.32. The third-order valence-electron chi connectivity index (χ3n) is 2.84. The Morgan fingerprint density at radius 2 is 2.31 bits per heavy atom. The number of carbonyl (C=O) groups is 1. The van der Waals surface area contributed by atoms with Gasteiger partial charge < -0.3 is 15.4 Å². The van der Waals surface area contributed by atoms with Crippen LogP contribution < -0.4 is 10.6 Å². The van der Waals surface area contributed by atoms with Crippen molar-refractivity contribution in [1.82, 2.24) is 10.6 Å². The van der Waals surface area contributed by atoms with E-state index in [9.17, 15) is 4.79 Å². The summed E-state index contributed by atoms with van der Waals surface area (Å²) in [4.78, 5) is 11.6. The summed E-state index contributed by atoms with van der Waals surface area (Å²) in [6.07, 6.45) is 0.959. The van der Waals surface area contributed by atoms with Crippen LogP contribution in [0.3, 0.4) is 0 Å². The first kappa shape index (κ1) is 8.97. The lowest BCUT2D eigenvalue weighted by Gasteiger charge is -2.29. The molecule has 0 saturated carbocycles. The minimum Gasteiger partial charge on any atom is -0.378 e. The smallest absolute Gasteiger partial charge is 0.226 e. The Bertz CT molecular complexity index is 204. The molecule has 2 atom stereocenters. The molecule has 0 spiro atoms. The number of nitrogens with one attached hydrogen (secondary N) is 2. The Morgan fingerprint density at radius 1 is 1.54 bits per heavy atom. The van der Waals surface area contributed by atoms with Crippen LogP contribution in [0, 0.1) is 5.92 Å². The van der Waals surface area contributed by atoms with Gasteiger partial charge in [0.25, 0.3) is 0 Å². The predicted molar refractivity (Wildman–Crippen MR) is 48.3 cm³/mol. The molecular formula is C9H16N2O2. The number of hydrogen-bond donors (Lipinski definition) is 2. The van der Waals surface area contributed by atoms with E-state index in [4.69, 9.17) is 4.74 Å². The molecule has 2 fully saturated rings.